The molecule has 2 bridgehead atoms. The van der Waals surface area contributed by atoms with E-state index in [-0.39, 0.29) is 22.6 Å². The highest BCUT2D eigenvalue weighted by molar-refractivity contribution is 5.78. The van der Waals surface area contributed by atoms with E-state index in [2.05, 4.69) is 24.0 Å². The number of halogens is 2. The molecule has 4 rings (SSSR count). The number of amides is 1. The summed E-state index contributed by atoms with van der Waals surface area (Å²) in [4.78, 5) is 11.6. The van der Waals surface area contributed by atoms with Crippen molar-refractivity contribution in [1.82, 2.24) is 10.2 Å². The minimum atomic E-state index is -0.791. The van der Waals surface area contributed by atoms with Gasteiger partial charge < -0.3 is 10.5 Å². The summed E-state index contributed by atoms with van der Waals surface area (Å²) in [5, 5.41) is 8.42. The van der Waals surface area contributed by atoms with Gasteiger partial charge in [-0.25, -0.2) is 8.78 Å². The van der Waals surface area contributed by atoms with E-state index in [1.54, 1.807) is 13.0 Å². The van der Waals surface area contributed by atoms with Crippen molar-refractivity contribution in [3.05, 3.63) is 47.2 Å². The number of carbonyl (C=O) groups excluding carboxylic acids is 1. The molecule has 2 aliphatic carbocycles. The molecule has 1 saturated carbocycles. The second-order valence-corrected chi connectivity index (χ2v) is 7.93. The quantitative estimate of drug-likeness (QED) is 0.891. The number of benzene rings is 1. The van der Waals surface area contributed by atoms with Crippen LogP contribution in [0.15, 0.2) is 24.3 Å². The number of hydrogen-bond donors (Lipinski definition) is 1. The van der Waals surface area contributed by atoms with Crippen LogP contribution in [0.2, 0.25) is 0 Å². The summed E-state index contributed by atoms with van der Waals surface area (Å²) in [5.41, 5.74) is 5.74. The van der Waals surface area contributed by atoms with E-state index in [1.807, 2.05) is 0 Å². The van der Waals surface area contributed by atoms with E-state index >= 15 is 0 Å². The molecule has 5 nitrogen and oxygen atoms in total. The zero-order chi connectivity index (χ0) is 19.6. The Hall–Kier alpha value is -2.41. The second-order valence-electron chi connectivity index (χ2n) is 7.93. The van der Waals surface area contributed by atoms with Crippen molar-refractivity contribution >= 4 is 5.91 Å². The third kappa shape index (κ3) is 2.34. The van der Waals surface area contributed by atoms with Crippen LogP contribution < -0.4 is 5.73 Å². The van der Waals surface area contributed by atoms with E-state index in [0.29, 0.717) is 12.1 Å². The van der Waals surface area contributed by atoms with Gasteiger partial charge in [-0.15, -0.1) is 5.10 Å². The van der Waals surface area contributed by atoms with Gasteiger partial charge >= 0.3 is 0 Å². The maximum Gasteiger partial charge on any atom is 0.246 e. The lowest BCUT2D eigenvalue weighted by atomic mass is 9.77. The van der Waals surface area contributed by atoms with Gasteiger partial charge in [-0.05, 0) is 49.4 Å². The fraction of sp³-hybridized carbons (Fsp3) is 0.450. The minimum absolute atomic E-state index is 0.0941. The number of nitrogens with two attached hydrogens (primary N) is 1. The number of ether oxygens (including phenoxy) is 1. The van der Waals surface area contributed by atoms with Gasteiger partial charge in [-0.3, -0.25) is 4.79 Å². The molecule has 2 N–H and O–H groups in total. The van der Waals surface area contributed by atoms with E-state index in [4.69, 9.17) is 10.5 Å². The summed E-state index contributed by atoms with van der Waals surface area (Å²) < 4.78 is 34.5. The maximum absolute atomic E-state index is 14.2. The monoisotopic (exact) mass is 373 g/mol. The first-order chi connectivity index (χ1) is 12.7. The molecule has 0 spiro atoms. The van der Waals surface area contributed by atoms with E-state index in [1.165, 1.54) is 18.2 Å². The van der Waals surface area contributed by atoms with E-state index in [0.717, 1.165) is 12.0 Å². The Morgan fingerprint density at radius 1 is 1.30 bits per heavy atom. The van der Waals surface area contributed by atoms with Crippen LogP contribution in [0.5, 0.6) is 0 Å². The lowest BCUT2D eigenvalue weighted by Gasteiger charge is -2.39. The zero-order valence-corrected chi connectivity index (χ0v) is 15.4. The number of fused-ring (bicyclic) bond motifs is 5. The Balaban J connectivity index is 1.85. The van der Waals surface area contributed by atoms with Crippen LogP contribution >= 0.6 is 0 Å². The molecule has 1 heterocycles. The van der Waals surface area contributed by atoms with Gasteiger partial charge in [0.05, 0.1) is 17.0 Å². The summed E-state index contributed by atoms with van der Waals surface area (Å²) in [5.74, 6) is -1.81. The van der Waals surface area contributed by atoms with Gasteiger partial charge in [0.15, 0.2) is 0 Å². The van der Waals surface area contributed by atoms with Crippen molar-refractivity contribution in [2.45, 2.75) is 51.2 Å². The zero-order valence-electron chi connectivity index (χ0n) is 15.4. The molecule has 0 saturated heterocycles. The molecule has 0 radical (unpaired) electrons. The number of nitrogens with zero attached hydrogens (tertiary/aromatic N) is 2. The van der Waals surface area contributed by atoms with Crippen molar-refractivity contribution < 1.29 is 18.3 Å². The number of carbonyl (C=O) groups is 1. The van der Waals surface area contributed by atoms with Gasteiger partial charge in [0.25, 0.3) is 0 Å². The molecular formula is C20H21F2N3O2. The first-order valence-electron chi connectivity index (χ1n) is 8.98. The minimum Gasteiger partial charge on any atom is -0.367 e. The first kappa shape index (κ1) is 18.0. The van der Waals surface area contributed by atoms with E-state index < -0.39 is 29.2 Å². The molecule has 27 heavy (non-hydrogen) atoms. The Morgan fingerprint density at radius 3 is 2.59 bits per heavy atom. The molecule has 1 unspecified atom stereocenters. The number of aromatic nitrogens is 2. The average Bonchev–Trinajstić information content (AvgIpc) is 2.95. The van der Waals surface area contributed by atoms with Crippen molar-refractivity contribution in [2.24, 2.45) is 11.1 Å². The summed E-state index contributed by atoms with van der Waals surface area (Å²) >= 11 is 0. The normalized spacial score (nSPS) is 26.0. The fourth-order valence-corrected chi connectivity index (χ4v) is 4.76. The van der Waals surface area contributed by atoms with Gasteiger partial charge in [0.2, 0.25) is 5.91 Å². The molecule has 0 aliphatic heterocycles. The predicted molar refractivity (Wildman–Crippen MR) is 94.6 cm³/mol. The molecule has 3 atom stereocenters. The van der Waals surface area contributed by atoms with Gasteiger partial charge in [-0.2, -0.15) is 5.10 Å². The number of primary amides is 1. The molecule has 2 aromatic rings. The highest BCUT2D eigenvalue weighted by atomic mass is 19.1. The molecule has 1 aromatic heterocycles. The Kier molecular flexibility index (Phi) is 3.86. The molecule has 1 fully saturated rings. The largest absolute Gasteiger partial charge is 0.367 e. The van der Waals surface area contributed by atoms with Crippen LogP contribution in [0, 0.1) is 17.0 Å². The van der Waals surface area contributed by atoms with Crippen LogP contribution in [0.4, 0.5) is 8.78 Å². The lowest BCUT2D eigenvalue weighted by Crippen LogP contribution is -2.44. The van der Waals surface area contributed by atoms with Gasteiger partial charge in [0.1, 0.15) is 23.3 Å². The third-order valence-electron chi connectivity index (χ3n) is 6.28. The van der Waals surface area contributed by atoms with Gasteiger partial charge in [0, 0.05) is 5.41 Å². The third-order valence-corrected chi connectivity index (χ3v) is 6.28. The summed E-state index contributed by atoms with van der Waals surface area (Å²) in [7, 11) is 0. The molecule has 2 aliphatic rings. The maximum atomic E-state index is 14.2. The van der Waals surface area contributed by atoms with Crippen LogP contribution in [0.1, 0.15) is 50.8 Å². The average molecular weight is 373 g/mol. The standard InChI is InChI=1S/C20H21F2N3O2/c1-10(18(23)26)27-20-8-7-12(19(20,2)3)11-9-15(24-25-17(11)20)16-13(21)5-4-6-14(16)22/h4-6,9-10,12H,7-8H2,1-3H3,(H2,23,26)/t10?,12-,20-/m0/s1. The van der Waals surface area contributed by atoms with Crippen LogP contribution in [-0.2, 0) is 15.1 Å². The molecule has 7 heteroatoms. The van der Waals surface area contributed by atoms with Crippen molar-refractivity contribution in [3.8, 4) is 11.3 Å². The summed E-state index contributed by atoms with van der Waals surface area (Å²) in [6, 6.07) is 5.41. The Labute approximate surface area is 155 Å². The fourth-order valence-electron chi connectivity index (χ4n) is 4.76. The van der Waals surface area contributed by atoms with Gasteiger partial charge in [-0.1, -0.05) is 19.9 Å². The Bertz CT molecular complexity index is 927. The van der Waals surface area contributed by atoms with Crippen LogP contribution in [-0.4, -0.2) is 22.2 Å². The van der Waals surface area contributed by atoms with E-state index in [9.17, 15) is 13.6 Å². The van der Waals surface area contributed by atoms with Crippen LogP contribution in [0.25, 0.3) is 11.3 Å². The van der Waals surface area contributed by atoms with Crippen molar-refractivity contribution in [2.75, 3.05) is 0 Å². The number of hydrogen-bond acceptors (Lipinski definition) is 4. The SMILES string of the molecule is CC(O[C@@]12CC[C@@H](c3cc(-c4c(F)cccc4F)nnc31)C2(C)C)C(N)=O. The highest BCUT2D eigenvalue weighted by Gasteiger charge is 2.65. The predicted octanol–water partition coefficient (Wildman–Crippen LogP) is 3.42. The smallest absolute Gasteiger partial charge is 0.246 e. The second kappa shape index (κ2) is 5.79. The summed E-state index contributed by atoms with van der Waals surface area (Å²) in [6.07, 6.45) is 0.743. The lowest BCUT2D eigenvalue weighted by molar-refractivity contribution is -0.161. The Morgan fingerprint density at radius 2 is 1.96 bits per heavy atom. The van der Waals surface area contributed by atoms with Crippen molar-refractivity contribution in [1.29, 1.82) is 0 Å². The number of rotatable bonds is 4. The van der Waals surface area contributed by atoms with Crippen molar-refractivity contribution in [3.63, 3.8) is 0 Å². The topological polar surface area (TPSA) is 78.1 Å². The van der Waals surface area contributed by atoms with Crippen LogP contribution in [0.3, 0.4) is 0 Å². The molecule has 1 amide bonds. The molecular weight excluding hydrogens is 352 g/mol. The summed E-state index contributed by atoms with van der Waals surface area (Å²) in [6.45, 7) is 5.74. The molecule has 1 aromatic carbocycles. The molecule has 142 valence electrons. The highest BCUT2D eigenvalue weighted by Crippen LogP contribution is 2.68. The first-order valence-corrected chi connectivity index (χ1v) is 8.98.